The van der Waals surface area contributed by atoms with Crippen molar-refractivity contribution in [3.8, 4) is 0 Å². The Hall–Kier alpha value is -3.77. The number of aliphatic carboxylic acids is 1. The van der Waals surface area contributed by atoms with E-state index < -0.39 is 12.0 Å². The Labute approximate surface area is 193 Å². The summed E-state index contributed by atoms with van der Waals surface area (Å²) in [6.07, 6.45) is 3.27. The maximum atomic E-state index is 13.2. The predicted octanol–water partition coefficient (Wildman–Crippen LogP) is 4.53. The molecule has 1 fully saturated rings. The van der Waals surface area contributed by atoms with Crippen LogP contribution >= 0.6 is 0 Å². The number of carboxylic acids is 1. The number of rotatable bonds is 8. The van der Waals surface area contributed by atoms with Crippen LogP contribution in [0.3, 0.4) is 0 Å². The van der Waals surface area contributed by atoms with Crippen LogP contribution in [0.15, 0.2) is 89.9 Å². The molecule has 0 saturated carbocycles. The van der Waals surface area contributed by atoms with Crippen molar-refractivity contribution in [3.05, 3.63) is 102 Å². The van der Waals surface area contributed by atoms with Gasteiger partial charge in [0.15, 0.2) is 6.04 Å². The lowest BCUT2D eigenvalue weighted by molar-refractivity contribution is -0.138. The summed E-state index contributed by atoms with van der Waals surface area (Å²) in [5.74, 6) is -1.19. The molecule has 3 aromatic rings. The number of carbonyl (C=O) groups excluding carboxylic acids is 1. The molecular formula is C27H27N3O3. The minimum absolute atomic E-state index is 0.118. The molecule has 4 rings (SSSR count). The minimum atomic E-state index is -1.12. The van der Waals surface area contributed by atoms with Crippen LogP contribution in [0.1, 0.15) is 35.6 Å². The Bertz CT molecular complexity index is 1120. The SMILES string of the molecule is O=C(O)C(N=Cc1ccccc1)c1ccccc1NC(=O)C1CCCN1Cc1ccccc1. The number of para-hydroxylation sites is 1. The molecule has 0 radical (unpaired) electrons. The Kier molecular flexibility index (Phi) is 7.27. The highest BCUT2D eigenvalue weighted by Crippen LogP contribution is 2.28. The molecule has 33 heavy (non-hydrogen) atoms. The normalized spacial score (nSPS) is 17.2. The summed E-state index contributed by atoms with van der Waals surface area (Å²) in [5, 5.41) is 12.8. The van der Waals surface area contributed by atoms with Crippen molar-refractivity contribution in [1.29, 1.82) is 0 Å². The van der Waals surface area contributed by atoms with Gasteiger partial charge in [0, 0.05) is 24.0 Å². The number of aliphatic imine (C=N–C) groups is 1. The van der Waals surface area contributed by atoms with E-state index in [4.69, 9.17) is 0 Å². The van der Waals surface area contributed by atoms with Crippen molar-refractivity contribution in [2.75, 3.05) is 11.9 Å². The van der Waals surface area contributed by atoms with Crippen molar-refractivity contribution in [2.24, 2.45) is 4.99 Å². The highest BCUT2D eigenvalue weighted by molar-refractivity contribution is 5.96. The van der Waals surface area contributed by atoms with E-state index in [-0.39, 0.29) is 11.9 Å². The van der Waals surface area contributed by atoms with Gasteiger partial charge in [-0.3, -0.25) is 14.7 Å². The second-order valence-corrected chi connectivity index (χ2v) is 8.12. The summed E-state index contributed by atoms with van der Waals surface area (Å²) in [6.45, 7) is 1.56. The van der Waals surface area contributed by atoms with Gasteiger partial charge in [-0.2, -0.15) is 0 Å². The van der Waals surface area contributed by atoms with Crippen molar-refractivity contribution >= 4 is 23.8 Å². The third-order valence-electron chi connectivity index (χ3n) is 5.81. The fourth-order valence-electron chi connectivity index (χ4n) is 4.17. The van der Waals surface area contributed by atoms with Gasteiger partial charge < -0.3 is 10.4 Å². The molecule has 2 N–H and O–H groups in total. The van der Waals surface area contributed by atoms with Gasteiger partial charge in [-0.05, 0) is 36.6 Å². The van der Waals surface area contributed by atoms with Crippen LogP contribution in [0.4, 0.5) is 5.69 Å². The van der Waals surface area contributed by atoms with Crippen LogP contribution in [0, 0.1) is 0 Å². The zero-order valence-electron chi connectivity index (χ0n) is 18.3. The largest absolute Gasteiger partial charge is 0.479 e. The topological polar surface area (TPSA) is 82.0 Å². The van der Waals surface area contributed by atoms with Gasteiger partial charge in [0.25, 0.3) is 0 Å². The second kappa shape index (κ2) is 10.7. The van der Waals surface area contributed by atoms with Crippen LogP contribution in [-0.2, 0) is 16.1 Å². The first kappa shape index (κ1) is 22.4. The number of likely N-dealkylation sites (tertiary alicyclic amines) is 1. The quantitative estimate of drug-likeness (QED) is 0.503. The molecule has 168 valence electrons. The molecule has 6 heteroatoms. The molecule has 0 aromatic heterocycles. The first-order chi connectivity index (χ1) is 16.1. The second-order valence-electron chi connectivity index (χ2n) is 8.12. The average molecular weight is 442 g/mol. The number of carbonyl (C=O) groups is 2. The minimum Gasteiger partial charge on any atom is -0.479 e. The van der Waals surface area contributed by atoms with Gasteiger partial charge in [-0.15, -0.1) is 0 Å². The van der Waals surface area contributed by atoms with Crippen molar-refractivity contribution in [2.45, 2.75) is 31.5 Å². The number of benzene rings is 3. The summed E-state index contributed by atoms with van der Waals surface area (Å²) < 4.78 is 0. The number of nitrogens with one attached hydrogen (secondary N) is 1. The molecule has 1 saturated heterocycles. The molecule has 1 aliphatic heterocycles. The third kappa shape index (κ3) is 5.73. The van der Waals surface area contributed by atoms with Gasteiger partial charge in [-0.1, -0.05) is 78.9 Å². The predicted molar refractivity (Wildman–Crippen MR) is 129 cm³/mol. The lowest BCUT2D eigenvalue weighted by Crippen LogP contribution is -2.39. The molecule has 0 bridgehead atoms. The van der Waals surface area contributed by atoms with E-state index >= 15 is 0 Å². The number of anilines is 1. The van der Waals surface area contributed by atoms with E-state index in [0.717, 1.165) is 24.9 Å². The number of hydrogen-bond acceptors (Lipinski definition) is 4. The van der Waals surface area contributed by atoms with Crippen LogP contribution in [-0.4, -0.2) is 40.7 Å². The van der Waals surface area contributed by atoms with Gasteiger partial charge in [0.2, 0.25) is 5.91 Å². The summed E-state index contributed by atoms with van der Waals surface area (Å²) in [5.41, 5.74) is 2.91. The van der Waals surface area contributed by atoms with E-state index in [1.165, 1.54) is 5.56 Å². The molecule has 2 unspecified atom stereocenters. The summed E-state index contributed by atoms with van der Waals surface area (Å²) in [6, 6.07) is 25.1. The molecule has 0 spiro atoms. The Balaban J connectivity index is 1.52. The molecule has 3 aromatic carbocycles. The Morgan fingerprint density at radius 1 is 1.00 bits per heavy atom. The van der Waals surface area contributed by atoms with E-state index in [9.17, 15) is 14.7 Å². The van der Waals surface area contributed by atoms with Gasteiger partial charge in [-0.25, -0.2) is 4.79 Å². The van der Waals surface area contributed by atoms with E-state index in [2.05, 4.69) is 27.3 Å². The zero-order valence-corrected chi connectivity index (χ0v) is 18.3. The molecule has 0 aliphatic carbocycles. The molecule has 1 amide bonds. The molecular weight excluding hydrogens is 414 g/mol. The van der Waals surface area contributed by atoms with Gasteiger partial charge in [0.1, 0.15) is 0 Å². The first-order valence-corrected chi connectivity index (χ1v) is 11.1. The van der Waals surface area contributed by atoms with Crippen molar-refractivity contribution in [1.82, 2.24) is 4.90 Å². The lowest BCUT2D eigenvalue weighted by Gasteiger charge is -2.24. The number of nitrogens with zero attached hydrogens (tertiary/aromatic N) is 2. The summed E-state index contributed by atoms with van der Waals surface area (Å²) in [7, 11) is 0. The average Bonchev–Trinajstić information content (AvgIpc) is 3.29. The number of carboxylic acid groups (broad SMARTS) is 1. The van der Waals surface area contributed by atoms with E-state index in [1.54, 1.807) is 30.5 Å². The maximum Gasteiger partial charge on any atom is 0.333 e. The highest BCUT2D eigenvalue weighted by Gasteiger charge is 2.31. The van der Waals surface area contributed by atoms with Crippen LogP contribution in [0.5, 0.6) is 0 Å². The highest BCUT2D eigenvalue weighted by atomic mass is 16.4. The van der Waals surface area contributed by atoms with Crippen LogP contribution in [0.2, 0.25) is 0 Å². The van der Waals surface area contributed by atoms with Crippen molar-refractivity contribution < 1.29 is 14.7 Å². The molecule has 1 heterocycles. The van der Waals surface area contributed by atoms with E-state index in [0.29, 0.717) is 17.8 Å². The number of hydrogen-bond donors (Lipinski definition) is 2. The smallest absolute Gasteiger partial charge is 0.333 e. The lowest BCUT2D eigenvalue weighted by atomic mass is 10.0. The fourth-order valence-corrected chi connectivity index (χ4v) is 4.17. The van der Waals surface area contributed by atoms with Crippen LogP contribution in [0.25, 0.3) is 0 Å². The zero-order chi connectivity index (χ0) is 23.0. The van der Waals surface area contributed by atoms with E-state index in [1.807, 2.05) is 48.5 Å². The molecule has 6 nitrogen and oxygen atoms in total. The fraction of sp³-hybridized carbons (Fsp3) is 0.222. The third-order valence-corrected chi connectivity index (χ3v) is 5.81. The Morgan fingerprint density at radius 3 is 2.39 bits per heavy atom. The number of amides is 1. The standard InChI is InChI=1S/C27H27N3O3/c31-26(24-16-9-17-30(24)19-21-12-5-2-6-13-21)29-23-15-8-7-14-22(23)25(27(32)33)28-18-20-10-3-1-4-11-20/h1-8,10-15,18,24-25H,9,16-17,19H2,(H,29,31)(H,32,33). The van der Waals surface area contributed by atoms with Crippen LogP contribution < -0.4 is 5.32 Å². The monoisotopic (exact) mass is 441 g/mol. The maximum absolute atomic E-state index is 13.2. The van der Waals surface area contributed by atoms with Crippen molar-refractivity contribution in [3.63, 3.8) is 0 Å². The summed E-state index contributed by atoms with van der Waals surface area (Å²) in [4.78, 5) is 31.7. The Morgan fingerprint density at radius 2 is 1.67 bits per heavy atom. The summed E-state index contributed by atoms with van der Waals surface area (Å²) >= 11 is 0. The first-order valence-electron chi connectivity index (χ1n) is 11.1. The van der Waals surface area contributed by atoms with Gasteiger partial charge >= 0.3 is 5.97 Å². The molecule has 2 atom stereocenters. The van der Waals surface area contributed by atoms with Gasteiger partial charge in [0.05, 0.1) is 6.04 Å². The molecule has 1 aliphatic rings.